The molecule has 0 spiro atoms. The maximum atomic E-state index is 3.19. The Morgan fingerprint density at radius 1 is 0.893 bits per heavy atom. The maximum absolute atomic E-state index is 3.19. The van der Waals surface area contributed by atoms with Gasteiger partial charge in [0, 0.05) is 6.20 Å². The van der Waals surface area contributed by atoms with Crippen LogP contribution >= 0.6 is 0 Å². The summed E-state index contributed by atoms with van der Waals surface area (Å²) in [6.45, 7) is 4.22. The van der Waals surface area contributed by atoms with Gasteiger partial charge in [0.25, 0.3) is 0 Å². The van der Waals surface area contributed by atoms with E-state index < -0.39 is 0 Å². The molecule has 0 saturated heterocycles. The van der Waals surface area contributed by atoms with Gasteiger partial charge in [-0.2, -0.15) is 6.08 Å². The third kappa shape index (κ3) is 5.29. The fourth-order valence-electron chi connectivity index (χ4n) is 3.23. The second kappa shape index (κ2) is 11.2. The van der Waals surface area contributed by atoms with E-state index in [-0.39, 0.29) is 60.2 Å². The van der Waals surface area contributed by atoms with Gasteiger partial charge in [0.05, 0.1) is 5.52 Å². The van der Waals surface area contributed by atoms with Crippen molar-refractivity contribution in [2.45, 2.75) is 20.3 Å². The predicted octanol–water partition coefficient (Wildman–Crippen LogP) is 0.594. The summed E-state index contributed by atoms with van der Waals surface area (Å²) in [5, 5.41) is 3.87. The van der Waals surface area contributed by atoms with Crippen molar-refractivity contribution in [2.24, 2.45) is 0 Å². The fraction of sp³-hybridized carbons (Fsp3) is 0.125. The molecule has 4 aromatic rings. The molecule has 1 nitrogen and oxygen atoms in total. The number of aromatic nitrogens is 1. The van der Waals surface area contributed by atoms with E-state index in [0.29, 0.717) is 0 Å². The first-order valence-electron chi connectivity index (χ1n) is 8.69. The first kappa shape index (κ1) is 25.0. The first-order valence-corrected chi connectivity index (χ1v) is 8.69. The number of fused-ring (bicyclic) bond motifs is 2. The Morgan fingerprint density at radius 2 is 1.57 bits per heavy atom. The molecule has 5 rings (SSSR count). The van der Waals surface area contributed by atoms with E-state index in [1.165, 1.54) is 38.5 Å². The number of benzene rings is 2. The standard InChI is InChI=1S/C17H12N.C7H9.2BrH.Zr/c1-2-7-15-12-16(11-14(15)6-1)18-10-9-13-5-3-4-8-17(13)18;1-6-4-3-5-7(6)2;;;/h1-12H;4H,3H2,1-2H3;2*1H;/q2*-1;;;+4/p-2. The van der Waals surface area contributed by atoms with Gasteiger partial charge in [0.2, 0.25) is 0 Å². The third-order valence-electron chi connectivity index (χ3n) is 4.85. The van der Waals surface area contributed by atoms with Crippen molar-refractivity contribution in [2.75, 3.05) is 0 Å². The summed E-state index contributed by atoms with van der Waals surface area (Å²) in [4.78, 5) is 0. The van der Waals surface area contributed by atoms with Crippen LogP contribution in [-0.2, 0) is 26.2 Å². The van der Waals surface area contributed by atoms with E-state index in [2.05, 4.69) is 103 Å². The quantitative estimate of drug-likeness (QED) is 0.294. The zero-order chi connectivity index (χ0) is 17.2. The number of rotatable bonds is 1. The van der Waals surface area contributed by atoms with Gasteiger partial charge < -0.3 is 38.5 Å². The maximum Gasteiger partial charge on any atom is 4.00 e. The molecular weight excluding hydrogens is 553 g/mol. The van der Waals surface area contributed by atoms with Gasteiger partial charge in [-0.3, -0.25) is 6.08 Å². The van der Waals surface area contributed by atoms with Crippen LogP contribution in [0.3, 0.4) is 0 Å². The van der Waals surface area contributed by atoms with Crippen molar-refractivity contribution < 1.29 is 60.2 Å². The Hall–Kier alpha value is -1.09. The van der Waals surface area contributed by atoms with Gasteiger partial charge in [0.1, 0.15) is 0 Å². The van der Waals surface area contributed by atoms with Gasteiger partial charge in [-0.25, -0.2) is 11.1 Å². The molecule has 0 radical (unpaired) electrons. The van der Waals surface area contributed by atoms with Crippen molar-refractivity contribution >= 4 is 21.7 Å². The van der Waals surface area contributed by atoms with Crippen LogP contribution in [0.25, 0.3) is 27.4 Å². The summed E-state index contributed by atoms with van der Waals surface area (Å²) in [5.41, 5.74) is 5.20. The summed E-state index contributed by atoms with van der Waals surface area (Å²) >= 11 is 0. The monoisotopic (exact) mass is 571 g/mol. The normalized spacial score (nSPS) is 12.1. The van der Waals surface area contributed by atoms with E-state index >= 15 is 0 Å². The Balaban J connectivity index is 0.000000341. The van der Waals surface area contributed by atoms with Crippen LogP contribution in [0, 0.1) is 6.08 Å². The molecule has 1 heterocycles. The fourth-order valence-corrected chi connectivity index (χ4v) is 3.23. The van der Waals surface area contributed by atoms with Gasteiger partial charge in [-0.15, -0.1) is 54.4 Å². The van der Waals surface area contributed by atoms with Crippen LogP contribution in [0.4, 0.5) is 0 Å². The summed E-state index contributed by atoms with van der Waals surface area (Å²) in [7, 11) is 0. The average molecular weight is 574 g/mol. The molecule has 0 unspecified atom stereocenters. The van der Waals surface area contributed by atoms with E-state index in [4.69, 9.17) is 0 Å². The van der Waals surface area contributed by atoms with E-state index in [1.54, 1.807) is 0 Å². The Kier molecular flexibility index (Phi) is 9.97. The SMILES string of the molecule is CC1=[C-]CC=C1C.[Br-].[Br-].[Zr+4].c1ccc2[cH-]c(-n3ccc4ccccc43)cc2c1. The largest absolute Gasteiger partial charge is 4.00 e. The second-order valence-corrected chi connectivity index (χ2v) is 6.48. The molecule has 28 heavy (non-hydrogen) atoms. The summed E-state index contributed by atoms with van der Waals surface area (Å²) in [6.07, 6.45) is 8.55. The average Bonchev–Trinajstić information content (AvgIpc) is 3.34. The molecule has 1 aliphatic rings. The second-order valence-electron chi connectivity index (χ2n) is 6.48. The zero-order valence-corrected chi connectivity index (χ0v) is 21.5. The Morgan fingerprint density at radius 3 is 2.18 bits per heavy atom. The smallest absolute Gasteiger partial charge is 1.00 e. The molecule has 0 saturated carbocycles. The van der Waals surface area contributed by atoms with Crippen molar-refractivity contribution in [3.05, 3.63) is 96.2 Å². The van der Waals surface area contributed by atoms with Crippen LogP contribution in [0.5, 0.6) is 0 Å². The van der Waals surface area contributed by atoms with Gasteiger partial charge >= 0.3 is 26.2 Å². The number of halogens is 2. The van der Waals surface area contributed by atoms with Crippen LogP contribution in [0.2, 0.25) is 0 Å². The number of para-hydroxylation sites is 1. The predicted molar refractivity (Wildman–Crippen MR) is 107 cm³/mol. The molecule has 0 bridgehead atoms. The molecule has 4 heteroatoms. The minimum absolute atomic E-state index is 0. The molecule has 140 valence electrons. The first-order chi connectivity index (χ1) is 12.2. The van der Waals surface area contributed by atoms with Crippen molar-refractivity contribution in [3.8, 4) is 5.69 Å². The minimum atomic E-state index is 0. The molecule has 3 aromatic carbocycles. The molecule has 1 aromatic heterocycles. The van der Waals surface area contributed by atoms with E-state index in [9.17, 15) is 0 Å². The molecule has 0 aliphatic heterocycles. The summed E-state index contributed by atoms with van der Waals surface area (Å²) < 4.78 is 2.25. The molecule has 0 amide bonds. The van der Waals surface area contributed by atoms with Crippen LogP contribution in [-0.4, -0.2) is 4.57 Å². The summed E-state index contributed by atoms with van der Waals surface area (Å²) in [6, 6.07) is 23.6. The number of nitrogens with zero attached hydrogens (tertiary/aromatic N) is 1. The Bertz CT molecular complexity index is 1050. The van der Waals surface area contributed by atoms with Gasteiger partial charge in [0.15, 0.2) is 0 Å². The van der Waals surface area contributed by atoms with E-state index in [0.717, 1.165) is 6.42 Å². The van der Waals surface area contributed by atoms with Crippen LogP contribution < -0.4 is 34.0 Å². The summed E-state index contributed by atoms with van der Waals surface area (Å²) in [5.74, 6) is 0. The van der Waals surface area contributed by atoms with Gasteiger partial charge in [-0.1, -0.05) is 31.2 Å². The Labute approximate surface area is 207 Å². The third-order valence-corrected chi connectivity index (χ3v) is 4.85. The molecule has 0 atom stereocenters. The van der Waals surface area contributed by atoms with Crippen LogP contribution in [0.15, 0.2) is 90.1 Å². The van der Waals surface area contributed by atoms with Crippen molar-refractivity contribution in [1.82, 2.24) is 4.57 Å². The van der Waals surface area contributed by atoms with E-state index in [1.807, 2.05) is 0 Å². The minimum Gasteiger partial charge on any atom is -1.00 e. The molecule has 0 fully saturated rings. The molecular formula is C24H21Br2NZr. The number of hydrogen-bond acceptors (Lipinski definition) is 0. The van der Waals surface area contributed by atoms with Crippen molar-refractivity contribution in [3.63, 3.8) is 0 Å². The topological polar surface area (TPSA) is 4.93 Å². The van der Waals surface area contributed by atoms with Gasteiger partial charge in [-0.05, 0) is 23.2 Å². The zero-order valence-electron chi connectivity index (χ0n) is 15.9. The molecule has 0 N–H and O–H groups in total. The number of hydrogen-bond donors (Lipinski definition) is 0. The number of allylic oxidation sites excluding steroid dienone is 4. The molecule has 1 aliphatic carbocycles. The van der Waals surface area contributed by atoms with Crippen molar-refractivity contribution in [1.29, 1.82) is 0 Å². The van der Waals surface area contributed by atoms with Crippen LogP contribution in [0.1, 0.15) is 20.3 Å².